The summed E-state index contributed by atoms with van der Waals surface area (Å²) in [5.74, 6) is -1.46. The molecular formula is C29H28N2O7S. The highest BCUT2D eigenvalue weighted by Gasteiger charge is 2.48. The number of benzene rings is 2. The number of aryl methyl sites for hydroxylation is 2. The molecular weight excluding hydrogens is 520 g/mol. The number of hydrogen-bond acceptors (Lipinski definition) is 9. The first-order chi connectivity index (χ1) is 18.7. The normalized spacial score (nSPS) is 16.3. The maximum Gasteiger partial charge on any atom is 0.350 e. The van der Waals surface area contributed by atoms with Crippen LogP contribution in [0.15, 0.2) is 60.7 Å². The first-order valence-corrected chi connectivity index (χ1v) is 13.0. The average Bonchev–Trinajstić information content (AvgIpc) is 3.44. The maximum atomic E-state index is 13.5. The van der Waals surface area contributed by atoms with Crippen molar-refractivity contribution in [3.05, 3.63) is 88.0 Å². The molecule has 3 aromatic rings. The molecule has 1 saturated heterocycles. The van der Waals surface area contributed by atoms with Crippen molar-refractivity contribution in [2.24, 2.45) is 0 Å². The highest BCUT2D eigenvalue weighted by atomic mass is 32.1. The van der Waals surface area contributed by atoms with E-state index in [4.69, 9.17) is 14.2 Å². The summed E-state index contributed by atoms with van der Waals surface area (Å²) in [5.41, 5.74) is 1.89. The van der Waals surface area contributed by atoms with Gasteiger partial charge in [0.05, 0.1) is 31.0 Å². The molecule has 202 valence electrons. The third-order valence-electron chi connectivity index (χ3n) is 6.13. The molecule has 0 unspecified atom stereocenters. The van der Waals surface area contributed by atoms with Gasteiger partial charge in [0.1, 0.15) is 28.7 Å². The van der Waals surface area contributed by atoms with Gasteiger partial charge in [0.15, 0.2) is 5.13 Å². The number of nitrogens with zero attached hydrogens (tertiary/aromatic N) is 2. The Morgan fingerprint density at radius 3 is 2.51 bits per heavy atom. The van der Waals surface area contributed by atoms with Gasteiger partial charge in [-0.25, -0.2) is 9.78 Å². The summed E-state index contributed by atoms with van der Waals surface area (Å²) < 4.78 is 16.0. The predicted molar refractivity (Wildman–Crippen MR) is 147 cm³/mol. The van der Waals surface area contributed by atoms with Crippen molar-refractivity contribution in [1.29, 1.82) is 0 Å². The van der Waals surface area contributed by atoms with Gasteiger partial charge in [-0.15, -0.1) is 0 Å². The summed E-state index contributed by atoms with van der Waals surface area (Å²) in [6.45, 7) is 9.31. The van der Waals surface area contributed by atoms with Crippen LogP contribution in [0.3, 0.4) is 0 Å². The number of aliphatic hydroxyl groups excluding tert-OH is 1. The number of rotatable bonds is 9. The highest BCUT2D eigenvalue weighted by molar-refractivity contribution is 7.17. The van der Waals surface area contributed by atoms with Crippen LogP contribution < -0.4 is 14.4 Å². The lowest BCUT2D eigenvalue weighted by Crippen LogP contribution is -2.29. The van der Waals surface area contributed by atoms with Crippen molar-refractivity contribution in [1.82, 2.24) is 4.98 Å². The predicted octanol–water partition coefficient (Wildman–Crippen LogP) is 5.14. The largest absolute Gasteiger partial charge is 0.507 e. The monoisotopic (exact) mass is 548 g/mol. The molecule has 2 aromatic carbocycles. The molecule has 1 atom stereocenters. The van der Waals surface area contributed by atoms with Crippen LogP contribution in [0.5, 0.6) is 11.5 Å². The number of carbonyl (C=O) groups excluding carboxylic acids is 3. The Morgan fingerprint density at radius 1 is 1.18 bits per heavy atom. The molecule has 39 heavy (non-hydrogen) atoms. The third-order valence-corrected chi connectivity index (χ3v) is 7.27. The lowest BCUT2D eigenvalue weighted by Gasteiger charge is -2.23. The lowest BCUT2D eigenvalue weighted by atomic mass is 9.95. The summed E-state index contributed by atoms with van der Waals surface area (Å²) in [4.78, 5) is 45.3. The van der Waals surface area contributed by atoms with Crippen LogP contribution in [0.1, 0.15) is 45.0 Å². The van der Waals surface area contributed by atoms with Crippen molar-refractivity contribution in [2.45, 2.75) is 26.8 Å². The van der Waals surface area contributed by atoms with E-state index in [1.54, 1.807) is 49.4 Å². The minimum absolute atomic E-state index is 0.0173. The number of hydrogen-bond donors (Lipinski definition) is 1. The smallest absolute Gasteiger partial charge is 0.350 e. The van der Waals surface area contributed by atoms with Crippen LogP contribution in [0.4, 0.5) is 5.13 Å². The number of aromatic nitrogens is 1. The van der Waals surface area contributed by atoms with E-state index < -0.39 is 23.7 Å². The van der Waals surface area contributed by atoms with Gasteiger partial charge >= 0.3 is 11.9 Å². The first-order valence-electron chi connectivity index (χ1n) is 12.2. The van der Waals surface area contributed by atoms with E-state index in [1.807, 2.05) is 13.8 Å². The summed E-state index contributed by atoms with van der Waals surface area (Å²) >= 11 is 0.935. The standard InChI is InChI=1S/C29H28N2O7S/c1-6-14-38-28(35)26-17(4)30-29(39-26)31-23(18-8-11-20(12-9-18)37-7-2)22(25(33)27(31)34)24(32)19-10-13-21(36-5)16(3)15-19/h6,8-13,15,23,32H,1,7,14H2,2-5H3/b24-22+/t23-/m0/s1. The van der Waals surface area contributed by atoms with Gasteiger partial charge < -0.3 is 19.3 Å². The number of carbonyl (C=O) groups is 3. The molecule has 0 saturated carbocycles. The zero-order valence-corrected chi connectivity index (χ0v) is 22.8. The lowest BCUT2D eigenvalue weighted by molar-refractivity contribution is -0.132. The second kappa shape index (κ2) is 11.5. The van der Waals surface area contributed by atoms with Crippen molar-refractivity contribution >= 4 is 39.9 Å². The van der Waals surface area contributed by atoms with E-state index in [9.17, 15) is 19.5 Å². The van der Waals surface area contributed by atoms with Gasteiger partial charge in [-0.05, 0) is 62.2 Å². The Bertz CT molecular complexity index is 1470. The molecule has 0 aliphatic carbocycles. The summed E-state index contributed by atoms with van der Waals surface area (Å²) in [6, 6.07) is 10.9. The number of esters is 1. The molecule has 1 aliphatic heterocycles. The molecule has 0 bridgehead atoms. The third kappa shape index (κ3) is 5.28. The van der Waals surface area contributed by atoms with E-state index >= 15 is 0 Å². The van der Waals surface area contributed by atoms with Gasteiger partial charge in [-0.2, -0.15) is 0 Å². The molecule has 0 spiro atoms. The molecule has 10 heteroatoms. The first kappa shape index (κ1) is 27.6. The zero-order chi connectivity index (χ0) is 28.3. The van der Waals surface area contributed by atoms with E-state index in [1.165, 1.54) is 18.1 Å². The fourth-order valence-corrected chi connectivity index (χ4v) is 5.30. The van der Waals surface area contributed by atoms with Gasteiger partial charge in [-0.3, -0.25) is 14.5 Å². The molecule has 1 aromatic heterocycles. The molecule has 9 nitrogen and oxygen atoms in total. The zero-order valence-electron chi connectivity index (χ0n) is 22.0. The van der Waals surface area contributed by atoms with E-state index in [2.05, 4.69) is 11.6 Å². The van der Waals surface area contributed by atoms with Crippen molar-refractivity contribution in [2.75, 3.05) is 25.2 Å². The molecule has 2 heterocycles. The van der Waals surface area contributed by atoms with Crippen LogP contribution in [0, 0.1) is 13.8 Å². The number of Topliss-reactive ketones (excluding diaryl/α,β-unsaturated/α-hetero) is 1. The maximum absolute atomic E-state index is 13.5. The minimum atomic E-state index is -1.01. The molecule has 1 N–H and O–H groups in total. The summed E-state index contributed by atoms with van der Waals surface area (Å²) in [5, 5.41) is 11.5. The molecule has 1 amide bonds. The summed E-state index contributed by atoms with van der Waals surface area (Å²) in [7, 11) is 1.54. The van der Waals surface area contributed by atoms with Gasteiger partial charge in [-0.1, -0.05) is 36.1 Å². The second-order valence-corrected chi connectivity index (χ2v) is 9.63. The number of anilines is 1. The quantitative estimate of drug-likeness (QED) is 0.129. The fraction of sp³-hybridized carbons (Fsp3) is 0.241. The molecule has 0 radical (unpaired) electrons. The molecule has 1 aliphatic rings. The average molecular weight is 549 g/mol. The van der Waals surface area contributed by atoms with E-state index in [0.717, 1.165) is 16.9 Å². The van der Waals surface area contributed by atoms with E-state index in [0.29, 0.717) is 34.9 Å². The van der Waals surface area contributed by atoms with Crippen molar-refractivity contribution in [3.8, 4) is 11.5 Å². The van der Waals surface area contributed by atoms with Crippen LogP contribution in [-0.2, 0) is 14.3 Å². The number of aliphatic hydroxyl groups is 1. The fourth-order valence-electron chi connectivity index (χ4n) is 4.31. The Kier molecular flexibility index (Phi) is 8.15. The molecule has 4 rings (SSSR count). The van der Waals surface area contributed by atoms with Gasteiger partial charge in [0, 0.05) is 5.56 Å². The van der Waals surface area contributed by atoms with E-state index in [-0.39, 0.29) is 27.9 Å². The summed E-state index contributed by atoms with van der Waals surface area (Å²) in [6.07, 6.45) is 1.44. The Hall–Kier alpha value is -4.44. The van der Waals surface area contributed by atoms with Crippen LogP contribution in [0.2, 0.25) is 0 Å². The number of ketones is 1. The molecule has 1 fully saturated rings. The Labute approximate surface area is 230 Å². The number of thiazole rings is 1. The second-order valence-electron chi connectivity index (χ2n) is 8.65. The topological polar surface area (TPSA) is 115 Å². The van der Waals surface area contributed by atoms with Crippen molar-refractivity contribution < 1.29 is 33.7 Å². The van der Waals surface area contributed by atoms with Crippen LogP contribution in [-0.4, -0.2) is 48.1 Å². The number of methoxy groups -OCH3 is 1. The number of amides is 1. The minimum Gasteiger partial charge on any atom is -0.507 e. The Morgan fingerprint density at radius 2 is 1.90 bits per heavy atom. The van der Waals surface area contributed by atoms with Crippen LogP contribution >= 0.6 is 11.3 Å². The Balaban J connectivity index is 1.88. The SMILES string of the molecule is C=CCOC(=O)c1sc(N2C(=O)C(=O)/C(=C(/O)c3ccc(OC)c(C)c3)[C@@H]2c2ccc(OCC)cc2)nc1C. The number of ether oxygens (including phenoxy) is 3. The highest BCUT2D eigenvalue weighted by Crippen LogP contribution is 2.44. The van der Waals surface area contributed by atoms with Crippen LogP contribution in [0.25, 0.3) is 5.76 Å². The van der Waals surface area contributed by atoms with Gasteiger partial charge in [0.2, 0.25) is 0 Å². The van der Waals surface area contributed by atoms with Crippen molar-refractivity contribution in [3.63, 3.8) is 0 Å². The van der Waals surface area contributed by atoms with Gasteiger partial charge in [0.25, 0.3) is 5.78 Å².